The topological polar surface area (TPSA) is 20.2 Å². The smallest absolute Gasteiger partial charge is 0.0797 e. The number of rotatable bonds is 3. The first kappa shape index (κ1) is 8.99. The maximum Gasteiger partial charge on any atom is 0.0797 e. The number of halogens is 1. The third kappa shape index (κ3) is 4.49. The van der Waals surface area contributed by atoms with Gasteiger partial charge in [-0.3, -0.25) is 0 Å². The van der Waals surface area contributed by atoms with Crippen molar-refractivity contribution in [2.45, 2.75) is 25.9 Å². The van der Waals surface area contributed by atoms with Gasteiger partial charge in [-0.1, -0.05) is 19.1 Å². The van der Waals surface area contributed by atoms with Crippen LogP contribution in [-0.2, 0) is 0 Å². The third-order valence-electron chi connectivity index (χ3n) is 1.28. The maximum atomic E-state index is 9.31. The molecule has 0 rings (SSSR count). The van der Waals surface area contributed by atoms with E-state index in [-0.39, 0.29) is 0 Å². The van der Waals surface area contributed by atoms with E-state index in [1.54, 1.807) is 19.1 Å². The average Bonchev–Trinajstić information content (AvgIpc) is 1.84. The SMILES string of the molecule is CCC(C)(O)/C=C/CCl. The van der Waals surface area contributed by atoms with Crippen LogP contribution in [0, 0.1) is 0 Å². The van der Waals surface area contributed by atoms with E-state index in [4.69, 9.17) is 11.6 Å². The molecule has 0 aliphatic heterocycles. The lowest BCUT2D eigenvalue weighted by atomic mass is 10.0. The summed E-state index contributed by atoms with van der Waals surface area (Å²) in [5, 5.41) is 9.31. The van der Waals surface area contributed by atoms with Crippen LogP contribution in [0.1, 0.15) is 20.3 Å². The van der Waals surface area contributed by atoms with E-state index in [2.05, 4.69) is 0 Å². The van der Waals surface area contributed by atoms with Crippen LogP contribution in [0.3, 0.4) is 0 Å². The highest BCUT2D eigenvalue weighted by molar-refractivity contribution is 6.18. The molecule has 0 saturated carbocycles. The average molecular weight is 149 g/mol. The second-order valence-electron chi connectivity index (χ2n) is 2.27. The van der Waals surface area contributed by atoms with Crippen molar-refractivity contribution in [2.24, 2.45) is 0 Å². The molecule has 0 fully saturated rings. The highest BCUT2D eigenvalue weighted by Gasteiger charge is 2.10. The van der Waals surface area contributed by atoms with E-state index < -0.39 is 5.60 Å². The van der Waals surface area contributed by atoms with Crippen LogP contribution in [0.5, 0.6) is 0 Å². The van der Waals surface area contributed by atoms with Crippen LogP contribution < -0.4 is 0 Å². The predicted octanol–water partition coefficient (Wildman–Crippen LogP) is 1.94. The number of hydrogen-bond donors (Lipinski definition) is 1. The predicted molar refractivity (Wildman–Crippen MR) is 40.8 cm³/mol. The Labute approximate surface area is 61.3 Å². The van der Waals surface area contributed by atoms with Gasteiger partial charge in [0.1, 0.15) is 0 Å². The van der Waals surface area contributed by atoms with Crippen LogP contribution in [0.15, 0.2) is 12.2 Å². The van der Waals surface area contributed by atoms with Crippen molar-refractivity contribution in [1.82, 2.24) is 0 Å². The Bertz CT molecular complexity index is 97.1. The molecule has 0 bridgehead atoms. The van der Waals surface area contributed by atoms with Crippen molar-refractivity contribution in [3.05, 3.63) is 12.2 Å². The lowest BCUT2D eigenvalue weighted by molar-refractivity contribution is 0.107. The van der Waals surface area contributed by atoms with Gasteiger partial charge in [0.25, 0.3) is 0 Å². The summed E-state index contributed by atoms with van der Waals surface area (Å²) in [6, 6.07) is 0. The van der Waals surface area contributed by atoms with Gasteiger partial charge in [-0.15, -0.1) is 11.6 Å². The van der Waals surface area contributed by atoms with Gasteiger partial charge in [-0.05, 0) is 13.3 Å². The summed E-state index contributed by atoms with van der Waals surface area (Å²) in [5.41, 5.74) is -0.672. The minimum atomic E-state index is -0.672. The molecular weight excluding hydrogens is 136 g/mol. The zero-order chi connectivity index (χ0) is 7.33. The Balaban J connectivity index is 3.70. The quantitative estimate of drug-likeness (QED) is 0.479. The Morgan fingerprint density at radius 2 is 2.22 bits per heavy atom. The third-order valence-corrected chi connectivity index (χ3v) is 1.46. The Morgan fingerprint density at radius 1 is 1.67 bits per heavy atom. The zero-order valence-electron chi connectivity index (χ0n) is 5.89. The van der Waals surface area contributed by atoms with E-state index in [1.165, 1.54) is 0 Å². The van der Waals surface area contributed by atoms with Gasteiger partial charge < -0.3 is 5.11 Å². The van der Waals surface area contributed by atoms with E-state index in [1.807, 2.05) is 6.92 Å². The normalized spacial score (nSPS) is 18.2. The van der Waals surface area contributed by atoms with E-state index in [0.717, 1.165) is 6.42 Å². The first-order valence-corrected chi connectivity index (χ1v) is 3.62. The lowest BCUT2D eigenvalue weighted by Crippen LogP contribution is -2.18. The molecule has 1 nitrogen and oxygen atoms in total. The summed E-state index contributed by atoms with van der Waals surface area (Å²) in [6.07, 6.45) is 4.20. The zero-order valence-corrected chi connectivity index (χ0v) is 6.65. The van der Waals surface area contributed by atoms with Crippen molar-refractivity contribution in [3.8, 4) is 0 Å². The van der Waals surface area contributed by atoms with E-state index in [0.29, 0.717) is 5.88 Å². The number of allylic oxidation sites excluding steroid dienone is 1. The van der Waals surface area contributed by atoms with Crippen LogP contribution in [0.4, 0.5) is 0 Å². The summed E-state index contributed by atoms with van der Waals surface area (Å²) in [7, 11) is 0. The molecule has 0 aromatic heterocycles. The van der Waals surface area contributed by atoms with Crippen molar-refractivity contribution >= 4 is 11.6 Å². The molecule has 1 atom stereocenters. The lowest BCUT2D eigenvalue weighted by Gasteiger charge is -2.14. The summed E-state index contributed by atoms with van der Waals surface area (Å²) >= 11 is 5.37. The minimum absolute atomic E-state index is 0.468. The first-order valence-electron chi connectivity index (χ1n) is 3.08. The Hall–Kier alpha value is -0.0100. The van der Waals surface area contributed by atoms with Crippen LogP contribution >= 0.6 is 11.6 Å². The summed E-state index contributed by atoms with van der Waals surface area (Å²) < 4.78 is 0. The fraction of sp³-hybridized carbons (Fsp3) is 0.714. The monoisotopic (exact) mass is 148 g/mol. The summed E-state index contributed by atoms with van der Waals surface area (Å²) in [6.45, 7) is 3.69. The second kappa shape index (κ2) is 3.91. The van der Waals surface area contributed by atoms with Crippen molar-refractivity contribution in [1.29, 1.82) is 0 Å². The fourth-order valence-corrected chi connectivity index (χ4v) is 0.505. The molecule has 0 spiro atoms. The molecule has 0 aromatic rings. The van der Waals surface area contributed by atoms with Crippen LogP contribution in [0.25, 0.3) is 0 Å². The van der Waals surface area contributed by atoms with Gasteiger partial charge in [0.15, 0.2) is 0 Å². The Morgan fingerprint density at radius 3 is 2.56 bits per heavy atom. The second-order valence-corrected chi connectivity index (χ2v) is 2.58. The van der Waals surface area contributed by atoms with Gasteiger partial charge >= 0.3 is 0 Å². The number of hydrogen-bond acceptors (Lipinski definition) is 1. The highest BCUT2D eigenvalue weighted by atomic mass is 35.5. The minimum Gasteiger partial charge on any atom is -0.386 e. The molecule has 0 aromatic carbocycles. The number of alkyl halides is 1. The highest BCUT2D eigenvalue weighted by Crippen LogP contribution is 2.09. The van der Waals surface area contributed by atoms with Crippen molar-refractivity contribution in [2.75, 3.05) is 5.88 Å². The standard InChI is InChI=1S/C7H13ClO/c1-3-7(2,9)5-4-6-8/h4-5,9H,3,6H2,1-2H3/b5-4+. The van der Waals surface area contributed by atoms with Gasteiger partial charge in [-0.2, -0.15) is 0 Å². The molecule has 54 valence electrons. The van der Waals surface area contributed by atoms with E-state index >= 15 is 0 Å². The van der Waals surface area contributed by atoms with Crippen molar-refractivity contribution in [3.63, 3.8) is 0 Å². The summed E-state index contributed by atoms with van der Waals surface area (Å²) in [5.74, 6) is 0.468. The molecule has 0 aliphatic carbocycles. The largest absolute Gasteiger partial charge is 0.386 e. The maximum absolute atomic E-state index is 9.31. The molecule has 0 saturated heterocycles. The van der Waals surface area contributed by atoms with Gasteiger partial charge in [0.2, 0.25) is 0 Å². The molecule has 1 N–H and O–H groups in total. The molecule has 0 aliphatic rings. The van der Waals surface area contributed by atoms with Crippen LogP contribution in [-0.4, -0.2) is 16.6 Å². The first-order chi connectivity index (χ1) is 4.12. The molecule has 0 amide bonds. The molecule has 9 heavy (non-hydrogen) atoms. The summed E-state index contributed by atoms with van der Waals surface area (Å²) in [4.78, 5) is 0. The van der Waals surface area contributed by atoms with E-state index in [9.17, 15) is 5.11 Å². The molecule has 2 heteroatoms. The van der Waals surface area contributed by atoms with Gasteiger partial charge in [0.05, 0.1) is 5.60 Å². The molecule has 0 heterocycles. The van der Waals surface area contributed by atoms with Crippen molar-refractivity contribution < 1.29 is 5.11 Å². The fourth-order valence-electron chi connectivity index (χ4n) is 0.416. The Kier molecular flexibility index (Phi) is 3.91. The number of aliphatic hydroxyl groups is 1. The van der Waals surface area contributed by atoms with Crippen LogP contribution in [0.2, 0.25) is 0 Å². The molecular formula is C7H13ClO. The van der Waals surface area contributed by atoms with Gasteiger partial charge in [0, 0.05) is 5.88 Å². The molecule has 1 unspecified atom stereocenters. The van der Waals surface area contributed by atoms with Gasteiger partial charge in [-0.25, -0.2) is 0 Å². The molecule has 0 radical (unpaired) electrons.